The fourth-order valence-electron chi connectivity index (χ4n) is 2.15. The average Bonchev–Trinajstić information content (AvgIpc) is 3.18. The zero-order valence-electron chi connectivity index (χ0n) is 12.0. The van der Waals surface area contributed by atoms with Crippen molar-refractivity contribution in [1.82, 2.24) is 19.7 Å². The van der Waals surface area contributed by atoms with Gasteiger partial charge in [0, 0.05) is 4.88 Å². The molecule has 108 valence electrons. The Bertz CT molecular complexity index is 659. The average molecular weight is 299 g/mol. The topological polar surface area (TPSA) is 55.6 Å². The van der Waals surface area contributed by atoms with E-state index < -0.39 is 0 Å². The van der Waals surface area contributed by atoms with Gasteiger partial charge in [-0.3, -0.25) is 0 Å². The fraction of sp³-hybridized carbons (Fsp3) is 0.267. The third-order valence-corrected chi connectivity index (χ3v) is 4.20. The van der Waals surface area contributed by atoms with E-state index in [-0.39, 0.29) is 0 Å². The van der Waals surface area contributed by atoms with Crippen molar-refractivity contribution in [2.45, 2.75) is 19.9 Å². The summed E-state index contributed by atoms with van der Waals surface area (Å²) < 4.78 is 1.64. The monoisotopic (exact) mass is 299 g/mol. The quantitative estimate of drug-likeness (QED) is 0.783. The van der Waals surface area contributed by atoms with E-state index >= 15 is 0 Å². The lowest BCUT2D eigenvalue weighted by atomic mass is 10.0. The molecule has 1 unspecified atom stereocenters. The molecular weight excluding hydrogens is 282 g/mol. The Morgan fingerprint density at radius 3 is 2.71 bits per heavy atom. The van der Waals surface area contributed by atoms with E-state index in [0.717, 1.165) is 11.5 Å². The molecule has 6 heteroatoms. The van der Waals surface area contributed by atoms with E-state index in [1.54, 1.807) is 22.3 Å². The van der Waals surface area contributed by atoms with E-state index in [1.807, 2.05) is 18.3 Å². The molecule has 0 aliphatic carbocycles. The van der Waals surface area contributed by atoms with Crippen molar-refractivity contribution in [2.24, 2.45) is 5.92 Å². The van der Waals surface area contributed by atoms with Crippen LogP contribution in [0.5, 0.6) is 0 Å². The maximum Gasteiger partial charge on any atom is 0.155 e. The molecule has 0 fully saturated rings. The lowest BCUT2D eigenvalue weighted by Crippen LogP contribution is -2.15. The first-order chi connectivity index (χ1) is 10.2. The van der Waals surface area contributed by atoms with Gasteiger partial charge in [0.2, 0.25) is 0 Å². The number of hydrogen-bond donors (Lipinski definition) is 1. The lowest BCUT2D eigenvalue weighted by molar-refractivity contribution is 0.553. The first kappa shape index (κ1) is 13.8. The molecule has 3 aromatic rings. The number of hydrogen-bond acceptors (Lipinski definition) is 5. The maximum atomic E-state index is 4.42. The van der Waals surface area contributed by atoms with Gasteiger partial charge >= 0.3 is 0 Å². The third-order valence-electron chi connectivity index (χ3n) is 3.24. The molecule has 0 aromatic carbocycles. The first-order valence-corrected chi connectivity index (χ1v) is 7.73. The highest BCUT2D eigenvalue weighted by Gasteiger charge is 2.16. The van der Waals surface area contributed by atoms with Crippen LogP contribution in [0, 0.1) is 5.92 Å². The van der Waals surface area contributed by atoms with Gasteiger partial charge in [0.1, 0.15) is 12.7 Å². The summed E-state index contributed by atoms with van der Waals surface area (Å²) in [6.45, 7) is 4.43. The molecule has 3 heterocycles. The standard InChI is InChI=1S/C15H17N5S/c1-11(2)15(13-4-3-7-21-13)19-12-5-6-14(17-8-12)20-10-16-9-18-20/h3-11,15,19H,1-2H3. The van der Waals surface area contributed by atoms with E-state index in [4.69, 9.17) is 0 Å². The maximum absolute atomic E-state index is 4.42. The highest BCUT2D eigenvalue weighted by atomic mass is 32.1. The zero-order valence-corrected chi connectivity index (χ0v) is 12.8. The van der Waals surface area contributed by atoms with E-state index in [0.29, 0.717) is 12.0 Å². The number of thiophene rings is 1. The van der Waals surface area contributed by atoms with Crippen LogP contribution < -0.4 is 5.32 Å². The van der Waals surface area contributed by atoms with Gasteiger partial charge in [-0.15, -0.1) is 11.3 Å². The van der Waals surface area contributed by atoms with Crippen molar-refractivity contribution < 1.29 is 0 Å². The van der Waals surface area contributed by atoms with Gasteiger partial charge in [-0.05, 0) is 29.5 Å². The molecule has 1 N–H and O–H groups in total. The number of anilines is 1. The van der Waals surface area contributed by atoms with Crippen LogP contribution in [0.25, 0.3) is 5.82 Å². The SMILES string of the molecule is CC(C)C(Nc1ccc(-n2cncn2)nc1)c1cccs1. The Kier molecular flexibility index (Phi) is 3.96. The second kappa shape index (κ2) is 6.05. The lowest BCUT2D eigenvalue weighted by Gasteiger charge is -2.22. The smallest absolute Gasteiger partial charge is 0.155 e. The summed E-state index contributed by atoms with van der Waals surface area (Å²) in [6, 6.07) is 8.50. The molecular formula is C15H17N5S. The van der Waals surface area contributed by atoms with Crippen LogP contribution in [-0.4, -0.2) is 19.7 Å². The van der Waals surface area contributed by atoms with Crippen LogP contribution in [-0.2, 0) is 0 Å². The Morgan fingerprint density at radius 2 is 2.14 bits per heavy atom. The van der Waals surface area contributed by atoms with Crippen molar-refractivity contribution in [3.63, 3.8) is 0 Å². The summed E-state index contributed by atoms with van der Waals surface area (Å²) in [5.41, 5.74) is 1.01. The van der Waals surface area contributed by atoms with Crippen molar-refractivity contribution in [3.05, 3.63) is 53.4 Å². The molecule has 0 amide bonds. The summed E-state index contributed by atoms with van der Waals surface area (Å²) in [5, 5.41) is 9.74. The van der Waals surface area contributed by atoms with Crippen LogP contribution in [0.3, 0.4) is 0 Å². The minimum absolute atomic E-state index is 0.295. The summed E-state index contributed by atoms with van der Waals surface area (Å²) >= 11 is 1.77. The van der Waals surface area contributed by atoms with Crippen molar-refractivity contribution in [1.29, 1.82) is 0 Å². The molecule has 0 bridgehead atoms. The normalized spacial score (nSPS) is 12.5. The molecule has 1 atom stereocenters. The second-order valence-corrected chi connectivity index (χ2v) is 6.11. The Balaban J connectivity index is 1.78. The van der Waals surface area contributed by atoms with Crippen molar-refractivity contribution >= 4 is 17.0 Å². The largest absolute Gasteiger partial charge is 0.376 e. The molecule has 0 spiro atoms. The minimum atomic E-state index is 0.295. The van der Waals surface area contributed by atoms with Gasteiger partial charge in [0.05, 0.1) is 17.9 Å². The zero-order chi connectivity index (χ0) is 14.7. The molecule has 0 aliphatic rings. The highest BCUT2D eigenvalue weighted by Crippen LogP contribution is 2.29. The van der Waals surface area contributed by atoms with Crippen LogP contribution in [0.2, 0.25) is 0 Å². The first-order valence-electron chi connectivity index (χ1n) is 6.85. The summed E-state index contributed by atoms with van der Waals surface area (Å²) in [7, 11) is 0. The van der Waals surface area contributed by atoms with Gasteiger partial charge < -0.3 is 5.32 Å². The predicted molar refractivity (Wildman–Crippen MR) is 84.7 cm³/mol. The molecule has 21 heavy (non-hydrogen) atoms. The molecule has 0 radical (unpaired) electrons. The molecule has 0 saturated heterocycles. The van der Waals surface area contributed by atoms with Crippen LogP contribution in [0.15, 0.2) is 48.5 Å². The van der Waals surface area contributed by atoms with Crippen LogP contribution >= 0.6 is 11.3 Å². The second-order valence-electron chi connectivity index (χ2n) is 5.13. The third kappa shape index (κ3) is 3.11. The predicted octanol–water partition coefficient (Wildman–Crippen LogP) is 3.53. The number of pyridine rings is 1. The van der Waals surface area contributed by atoms with Gasteiger partial charge in [-0.25, -0.2) is 14.6 Å². The highest BCUT2D eigenvalue weighted by molar-refractivity contribution is 7.10. The van der Waals surface area contributed by atoms with Gasteiger partial charge in [0.25, 0.3) is 0 Å². The van der Waals surface area contributed by atoms with E-state index in [1.165, 1.54) is 11.2 Å². The summed E-state index contributed by atoms with van der Waals surface area (Å²) in [5.74, 6) is 1.26. The Hall–Kier alpha value is -2.21. The molecule has 0 saturated carbocycles. The number of rotatable bonds is 5. The Labute approximate surface area is 127 Å². The molecule has 3 aromatic heterocycles. The van der Waals surface area contributed by atoms with Crippen molar-refractivity contribution in [3.8, 4) is 5.82 Å². The van der Waals surface area contributed by atoms with Crippen LogP contribution in [0.4, 0.5) is 5.69 Å². The summed E-state index contributed by atoms with van der Waals surface area (Å²) in [6.07, 6.45) is 4.97. The van der Waals surface area contributed by atoms with Crippen molar-refractivity contribution in [2.75, 3.05) is 5.32 Å². The van der Waals surface area contributed by atoms with E-state index in [9.17, 15) is 0 Å². The Morgan fingerprint density at radius 1 is 1.24 bits per heavy atom. The number of nitrogens with zero attached hydrogens (tertiary/aromatic N) is 4. The molecule has 5 nitrogen and oxygen atoms in total. The fourth-order valence-corrected chi connectivity index (χ4v) is 3.10. The van der Waals surface area contributed by atoms with Gasteiger partial charge in [0.15, 0.2) is 5.82 Å². The minimum Gasteiger partial charge on any atom is -0.376 e. The van der Waals surface area contributed by atoms with Gasteiger partial charge in [-0.1, -0.05) is 19.9 Å². The molecule has 0 aliphatic heterocycles. The summed E-state index contributed by atoms with van der Waals surface area (Å²) in [4.78, 5) is 9.68. The van der Waals surface area contributed by atoms with E-state index in [2.05, 4.69) is 51.7 Å². The van der Waals surface area contributed by atoms with Crippen LogP contribution in [0.1, 0.15) is 24.8 Å². The molecule has 3 rings (SSSR count). The van der Waals surface area contributed by atoms with Gasteiger partial charge in [-0.2, -0.15) is 5.10 Å². The number of nitrogens with one attached hydrogen (secondary N) is 1. The number of aromatic nitrogens is 4.